The van der Waals surface area contributed by atoms with Crippen molar-refractivity contribution in [1.29, 1.82) is 0 Å². The van der Waals surface area contributed by atoms with Crippen LogP contribution >= 0.6 is 11.6 Å². The van der Waals surface area contributed by atoms with Crippen LogP contribution in [0.2, 0.25) is 5.02 Å². The number of halogens is 1. The lowest BCUT2D eigenvalue weighted by Gasteiger charge is -2.06. The third-order valence-corrected chi connectivity index (χ3v) is 4.22. The molecule has 6 heteroatoms. The molecule has 3 aromatic rings. The number of carbonyl (C=O) groups is 1. The summed E-state index contributed by atoms with van der Waals surface area (Å²) in [5, 5.41) is 0.655. The van der Waals surface area contributed by atoms with Gasteiger partial charge in [-0.05, 0) is 49.6 Å². The normalized spacial score (nSPS) is 10.2. The van der Waals surface area contributed by atoms with Gasteiger partial charge in [0.15, 0.2) is 0 Å². The lowest BCUT2D eigenvalue weighted by molar-refractivity contribution is 0.0988. The fourth-order valence-corrected chi connectivity index (χ4v) is 2.63. The van der Waals surface area contributed by atoms with Crippen molar-refractivity contribution in [3.8, 4) is 17.5 Å². The van der Waals surface area contributed by atoms with Crippen molar-refractivity contribution in [2.45, 2.75) is 13.8 Å². The Hall–Kier alpha value is -3.10. The van der Waals surface area contributed by atoms with Gasteiger partial charge in [0.2, 0.25) is 5.82 Å². The molecule has 0 radical (unpaired) electrons. The van der Waals surface area contributed by atoms with E-state index in [1.54, 1.807) is 23.0 Å². The second kappa shape index (κ2) is 6.80. The number of imidazole rings is 1. The summed E-state index contributed by atoms with van der Waals surface area (Å²) in [6.45, 7) is 3.74. The first-order valence-corrected chi connectivity index (χ1v) is 7.93. The molecule has 0 aliphatic heterocycles. The summed E-state index contributed by atoms with van der Waals surface area (Å²) in [7, 11) is 0. The molecule has 1 amide bonds. The highest BCUT2D eigenvalue weighted by Gasteiger charge is 2.18. The highest BCUT2D eigenvalue weighted by molar-refractivity contribution is 6.31. The van der Waals surface area contributed by atoms with Crippen LogP contribution in [-0.4, -0.2) is 20.4 Å². The van der Waals surface area contributed by atoms with Gasteiger partial charge in [-0.1, -0.05) is 23.6 Å². The van der Waals surface area contributed by atoms with Crippen molar-refractivity contribution in [3.05, 3.63) is 76.1 Å². The second-order valence-electron chi connectivity index (χ2n) is 5.44. The van der Waals surface area contributed by atoms with Crippen molar-refractivity contribution in [3.63, 3.8) is 0 Å². The van der Waals surface area contributed by atoms with Gasteiger partial charge < -0.3 is 5.73 Å². The van der Waals surface area contributed by atoms with E-state index in [1.807, 2.05) is 38.1 Å². The first-order chi connectivity index (χ1) is 12.0. The third-order valence-electron chi connectivity index (χ3n) is 3.82. The second-order valence-corrected chi connectivity index (χ2v) is 5.85. The minimum atomic E-state index is -0.626. The number of nitrogens with two attached hydrogens (primary N) is 1. The number of primary amides is 1. The number of hydrogen-bond donors (Lipinski definition) is 1. The number of hydrogen-bond acceptors (Lipinski definition) is 3. The Bertz CT molecular complexity index is 1010. The molecule has 25 heavy (non-hydrogen) atoms. The zero-order chi connectivity index (χ0) is 18.0. The molecule has 0 aliphatic carbocycles. The molecule has 0 aliphatic rings. The molecular formula is C19H15ClN4O. The number of pyridine rings is 1. The third kappa shape index (κ3) is 3.25. The first kappa shape index (κ1) is 16.7. The molecule has 0 atom stereocenters. The molecule has 0 unspecified atom stereocenters. The summed E-state index contributed by atoms with van der Waals surface area (Å²) >= 11 is 6.12. The summed E-state index contributed by atoms with van der Waals surface area (Å²) < 4.78 is 1.66. The number of aromatic nitrogens is 3. The molecule has 1 aromatic carbocycles. The van der Waals surface area contributed by atoms with E-state index in [1.165, 1.54) is 0 Å². The summed E-state index contributed by atoms with van der Waals surface area (Å²) in [6.07, 6.45) is 3.29. The molecule has 0 saturated carbocycles. The van der Waals surface area contributed by atoms with E-state index < -0.39 is 5.91 Å². The van der Waals surface area contributed by atoms with Crippen LogP contribution in [0.25, 0.3) is 5.69 Å². The Kier molecular flexibility index (Phi) is 4.55. The van der Waals surface area contributed by atoms with Crippen LogP contribution in [0.1, 0.15) is 33.1 Å². The largest absolute Gasteiger partial charge is 0.363 e. The van der Waals surface area contributed by atoms with Crippen LogP contribution in [0.3, 0.4) is 0 Å². The molecule has 0 bridgehead atoms. The van der Waals surface area contributed by atoms with Gasteiger partial charge in [-0.15, -0.1) is 0 Å². The Morgan fingerprint density at radius 2 is 2.00 bits per heavy atom. The maximum Gasteiger partial charge on any atom is 0.285 e. The van der Waals surface area contributed by atoms with Gasteiger partial charge >= 0.3 is 0 Å². The molecule has 0 spiro atoms. The zero-order valence-electron chi connectivity index (χ0n) is 13.7. The van der Waals surface area contributed by atoms with Crippen LogP contribution in [0.15, 0.2) is 42.7 Å². The summed E-state index contributed by atoms with van der Waals surface area (Å²) in [6, 6.07) is 9.15. The standard InChI is InChI=1S/C19H15ClN4O/c1-12-14(5-3-7-16(12)20)8-9-17-13(2)24(19(23-17)18(21)25)15-6-4-10-22-11-15/h3-7,10-11H,1-2H3,(H2,21,25). The SMILES string of the molecule is Cc1c(Cl)cccc1C#Cc1nc(C(N)=O)n(-c2cccnc2)c1C. The summed E-state index contributed by atoms with van der Waals surface area (Å²) in [5.74, 6) is 5.57. The minimum absolute atomic E-state index is 0.123. The predicted molar refractivity (Wildman–Crippen MR) is 96.8 cm³/mol. The van der Waals surface area contributed by atoms with Crippen LogP contribution < -0.4 is 5.73 Å². The van der Waals surface area contributed by atoms with Crippen molar-refractivity contribution in [2.75, 3.05) is 0 Å². The van der Waals surface area contributed by atoms with Crippen molar-refractivity contribution >= 4 is 17.5 Å². The number of benzene rings is 1. The Morgan fingerprint density at radius 3 is 2.68 bits per heavy atom. The predicted octanol–water partition coefficient (Wildman–Crippen LogP) is 3.04. The van der Waals surface area contributed by atoms with Gasteiger partial charge in [-0.2, -0.15) is 0 Å². The van der Waals surface area contributed by atoms with E-state index in [0.717, 1.165) is 11.1 Å². The smallest absolute Gasteiger partial charge is 0.285 e. The Balaban J connectivity index is 2.12. The van der Waals surface area contributed by atoms with Crippen LogP contribution in [0, 0.1) is 25.7 Å². The van der Waals surface area contributed by atoms with E-state index in [2.05, 4.69) is 21.8 Å². The van der Waals surface area contributed by atoms with E-state index in [9.17, 15) is 4.79 Å². The lowest BCUT2D eigenvalue weighted by atomic mass is 10.1. The van der Waals surface area contributed by atoms with Crippen LogP contribution in [0.4, 0.5) is 0 Å². The summed E-state index contributed by atoms with van der Waals surface area (Å²) in [4.78, 5) is 20.2. The Labute approximate surface area is 150 Å². The van der Waals surface area contributed by atoms with E-state index in [0.29, 0.717) is 22.1 Å². The van der Waals surface area contributed by atoms with Gasteiger partial charge in [0.25, 0.3) is 5.91 Å². The highest BCUT2D eigenvalue weighted by atomic mass is 35.5. The Morgan fingerprint density at radius 1 is 1.20 bits per heavy atom. The van der Waals surface area contributed by atoms with Crippen LogP contribution in [-0.2, 0) is 0 Å². The van der Waals surface area contributed by atoms with E-state index in [-0.39, 0.29) is 5.82 Å². The van der Waals surface area contributed by atoms with Crippen molar-refractivity contribution < 1.29 is 4.79 Å². The average Bonchev–Trinajstić information content (AvgIpc) is 2.94. The van der Waals surface area contributed by atoms with Gasteiger partial charge in [-0.3, -0.25) is 14.3 Å². The monoisotopic (exact) mass is 350 g/mol. The molecule has 2 heterocycles. The minimum Gasteiger partial charge on any atom is -0.363 e. The maximum absolute atomic E-state index is 11.8. The topological polar surface area (TPSA) is 73.8 Å². The van der Waals surface area contributed by atoms with Crippen LogP contribution in [0.5, 0.6) is 0 Å². The lowest BCUT2D eigenvalue weighted by Crippen LogP contribution is -2.18. The van der Waals surface area contributed by atoms with E-state index >= 15 is 0 Å². The summed E-state index contributed by atoms with van der Waals surface area (Å²) in [5.41, 5.74) is 9.09. The average molecular weight is 351 g/mol. The van der Waals surface area contributed by atoms with Crippen molar-refractivity contribution in [2.24, 2.45) is 5.73 Å². The number of amides is 1. The fourth-order valence-electron chi connectivity index (χ4n) is 2.46. The quantitative estimate of drug-likeness (QED) is 0.722. The number of nitrogens with zero attached hydrogens (tertiary/aromatic N) is 3. The highest BCUT2D eigenvalue weighted by Crippen LogP contribution is 2.19. The molecule has 0 saturated heterocycles. The first-order valence-electron chi connectivity index (χ1n) is 7.55. The van der Waals surface area contributed by atoms with Gasteiger partial charge in [0.05, 0.1) is 17.6 Å². The molecule has 3 rings (SSSR count). The fraction of sp³-hybridized carbons (Fsp3) is 0.105. The van der Waals surface area contributed by atoms with Crippen molar-refractivity contribution in [1.82, 2.24) is 14.5 Å². The van der Waals surface area contributed by atoms with E-state index in [4.69, 9.17) is 17.3 Å². The number of rotatable bonds is 2. The van der Waals surface area contributed by atoms with Gasteiger partial charge in [0.1, 0.15) is 5.69 Å². The zero-order valence-corrected chi connectivity index (χ0v) is 14.5. The number of carbonyl (C=O) groups excluding carboxylic acids is 1. The maximum atomic E-state index is 11.8. The molecular weight excluding hydrogens is 336 g/mol. The molecule has 5 nitrogen and oxygen atoms in total. The van der Waals surface area contributed by atoms with Gasteiger partial charge in [0, 0.05) is 16.8 Å². The molecule has 2 N–H and O–H groups in total. The van der Waals surface area contributed by atoms with Gasteiger partial charge in [-0.25, -0.2) is 4.98 Å². The molecule has 124 valence electrons. The molecule has 2 aromatic heterocycles. The molecule has 0 fully saturated rings.